The summed E-state index contributed by atoms with van der Waals surface area (Å²) in [7, 11) is -5.44. The SMILES string of the molecule is CC(C)OC1=C(Cl)C=CS(S(=O)(=O)Nc2cc(Cl)cnc2C(=O)c2ccnc(N)c2)=C1. The highest BCUT2D eigenvalue weighted by Crippen LogP contribution is 2.34. The van der Waals surface area contributed by atoms with Gasteiger partial charge in [0.15, 0.2) is 0 Å². The van der Waals surface area contributed by atoms with E-state index in [2.05, 4.69) is 14.7 Å². The molecule has 0 radical (unpaired) electrons. The number of nitrogens with two attached hydrogens (primary N) is 1. The van der Waals surface area contributed by atoms with Crippen molar-refractivity contribution < 1.29 is 17.9 Å². The van der Waals surface area contributed by atoms with Crippen molar-refractivity contribution in [2.24, 2.45) is 0 Å². The molecule has 0 bridgehead atoms. The number of aromatic nitrogens is 2. The molecule has 8 nitrogen and oxygen atoms in total. The first-order valence-corrected chi connectivity index (χ1v) is 12.9. The summed E-state index contributed by atoms with van der Waals surface area (Å²) in [6.45, 7) is 3.60. The van der Waals surface area contributed by atoms with E-state index in [4.69, 9.17) is 33.7 Å². The largest absolute Gasteiger partial charge is 0.489 e. The summed E-state index contributed by atoms with van der Waals surface area (Å²) >= 11 is 12.1. The van der Waals surface area contributed by atoms with Gasteiger partial charge in [-0.15, -0.1) is 0 Å². The number of rotatable bonds is 7. The van der Waals surface area contributed by atoms with Gasteiger partial charge in [-0.1, -0.05) is 23.2 Å². The van der Waals surface area contributed by atoms with Gasteiger partial charge in [-0.3, -0.25) is 9.52 Å². The number of nitrogens with zero attached hydrogens (tertiary/aromatic N) is 2. The number of nitrogens with one attached hydrogen (secondary N) is 1. The highest BCUT2D eigenvalue weighted by Gasteiger charge is 2.24. The van der Waals surface area contributed by atoms with E-state index in [-0.39, 0.29) is 39.6 Å². The molecular formula is C19H18Cl2N4O4S2. The average Bonchev–Trinajstić information content (AvgIpc) is 2.68. The van der Waals surface area contributed by atoms with Crippen molar-refractivity contribution in [3.63, 3.8) is 0 Å². The molecule has 0 amide bonds. The van der Waals surface area contributed by atoms with Crippen molar-refractivity contribution >= 4 is 64.4 Å². The molecule has 2 aromatic heterocycles. The van der Waals surface area contributed by atoms with Gasteiger partial charge in [-0.05, 0) is 53.0 Å². The third-order valence-corrected chi connectivity index (χ3v) is 8.51. The van der Waals surface area contributed by atoms with Crippen LogP contribution in [0.2, 0.25) is 5.02 Å². The van der Waals surface area contributed by atoms with Gasteiger partial charge >= 0.3 is 0 Å². The monoisotopic (exact) mass is 500 g/mol. The standard InChI is InChI=1S/C19H18Cl2N4O4S2/c1-11(2)29-16-10-30(6-4-14(16)21)31(27,28)25-15-8-13(20)9-24-18(15)19(26)12-3-5-23-17(22)7-12/h3-11,25H,1-2H3,(H2,22,23). The Kier molecular flexibility index (Phi) is 7.05. The molecule has 2 aromatic rings. The molecule has 3 N–H and O–H groups in total. The fraction of sp³-hybridized carbons (Fsp3) is 0.158. The Bertz CT molecular complexity index is 1240. The van der Waals surface area contributed by atoms with Crippen LogP contribution >= 0.6 is 32.7 Å². The average molecular weight is 501 g/mol. The Morgan fingerprint density at radius 2 is 2.00 bits per heavy atom. The van der Waals surface area contributed by atoms with Crippen LogP contribution in [-0.4, -0.2) is 35.6 Å². The number of carbonyl (C=O) groups is 1. The molecule has 0 aliphatic carbocycles. The first-order chi connectivity index (χ1) is 14.6. The Hall–Kier alpha value is -2.40. The van der Waals surface area contributed by atoms with Gasteiger partial charge in [0.2, 0.25) is 5.78 Å². The second kappa shape index (κ2) is 9.39. The van der Waals surface area contributed by atoms with Gasteiger partial charge in [-0.25, -0.2) is 9.97 Å². The maximum Gasteiger partial charge on any atom is 0.284 e. The smallest absolute Gasteiger partial charge is 0.284 e. The molecule has 0 fully saturated rings. The number of hydrogen-bond donors (Lipinski definition) is 2. The van der Waals surface area contributed by atoms with Gasteiger partial charge in [0.05, 0.1) is 21.8 Å². The molecule has 3 heterocycles. The molecule has 0 spiro atoms. The summed E-state index contributed by atoms with van der Waals surface area (Å²) in [5.74, 6) is -0.130. The molecule has 1 unspecified atom stereocenters. The van der Waals surface area contributed by atoms with Crippen LogP contribution in [0.5, 0.6) is 0 Å². The quantitative estimate of drug-likeness (QED) is 0.333. The minimum Gasteiger partial charge on any atom is -0.489 e. The second-order valence-corrected chi connectivity index (χ2v) is 12.1. The van der Waals surface area contributed by atoms with E-state index in [1.165, 1.54) is 47.4 Å². The number of ketones is 1. The van der Waals surface area contributed by atoms with Gasteiger partial charge in [0, 0.05) is 23.3 Å². The summed E-state index contributed by atoms with van der Waals surface area (Å²) in [6.07, 6.45) is 3.90. The summed E-state index contributed by atoms with van der Waals surface area (Å²) in [4.78, 5) is 20.8. The lowest BCUT2D eigenvalue weighted by atomic mass is 10.1. The number of nitrogen functional groups attached to an aromatic ring is 1. The Balaban J connectivity index is 1.98. The first-order valence-electron chi connectivity index (χ1n) is 8.83. The highest BCUT2D eigenvalue weighted by atomic mass is 35.5. The van der Waals surface area contributed by atoms with E-state index >= 15 is 0 Å². The van der Waals surface area contributed by atoms with Crippen molar-refractivity contribution in [2.75, 3.05) is 10.5 Å². The Morgan fingerprint density at radius 3 is 2.68 bits per heavy atom. The van der Waals surface area contributed by atoms with Gasteiger partial charge < -0.3 is 10.5 Å². The Labute approximate surface area is 191 Å². The minimum atomic E-state index is -4.02. The molecule has 12 heteroatoms. The van der Waals surface area contributed by atoms with Gasteiger partial charge in [-0.2, -0.15) is 8.42 Å². The van der Waals surface area contributed by atoms with E-state index in [9.17, 15) is 13.2 Å². The fourth-order valence-electron chi connectivity index (χ4n) is 2.49. The van der Waals surface area contributed by atoms with E-state index in [0.717, 1.165) is 0 Å². The molecule has 0 aromatic carbocycles. The number of allylic oxidation sites excluding steroid dienone is 3. The summed E-state index contributed by atoms with van der Waals surface area (Å²) in [6, 6.07) is 4.14. The molecule has 0 saturated carbocycles. The lowest BCUT2D eigenvalue weighted by molar-refractivity contribution is 0.103. The third-order valence-electron chi connectivity index (χ3n) is 3.77. The number of halogens is 2. The molecule has 3 rings (SSSR count). The first kappa shape index (κ1) is 23.3. The summed E-state index contributed by atoms with van der Waals surface area (Å²) in [5.41, 5.74) is 5.66. The van der Waals surface area contributed by atoms with Crippen molar-refractivity contribution in [3.05, 3.63) is 69.1 Å². The topological polar surface area (TPSA) is 124 Å². The molecule has 1 aliphatic rings. The lowest BCUT2D eigenvalue weighted by Crippen LogP contribution is -2.16. The summed E-state index contributed by atoms with van der Waals surface area (Å²) in [5, 5.41) is 3.29. The van der Waals surface area contributed by atoms with Crippen LogP contribution in [0.3, 0.4) is 0 Å². The predicted molar refractivity (Wildman–Crippen MR) is 126 cm³/mol. The van der Waals surface area contributed by atoms with Crippen LogP contribution in [0.25, 0.3) is 0 Å². The minimum absolute atomic E-state index is 0.0610. The van der Waals surface area contributed by atoms with E-state index < -0.39 is 24.4 Å². The van der Waals surface area contributed by atoms with Crippen LogP contribution in [0.15, 0.2) is 52.9 Å². The molecule has 0 saturated heterocycles. The number of anilines is 2. The van der Waals surface area contributed by atoms with Crippen LogP contribution in [0, 0.1) is 0 Å². The molecular weight excluding hydrogens is 483 g/mol. The number of carbonyl (C=O) groups excluding carboxylic acids is 1. The maximum absolute atomic E-state index is 13.1. The van der Waals surface area contributed by atoms with Crippen LogP contribution in [-0.2, 0) is 13.8 Å². The van der Waals surface area contributed by atoms with Crippen molar-refractivity contribution in [1.29, 1.82) is 0 Å². The second-order valence-electron chi connectivity index (χ2n) is 6.53. The fourth-order valence-corrected chi connectivity index (χ4v) is 6.29. The number of pyridine rings is 2. The predicted octanol–water partition coefficient (Wildman–Crippen LogP) is 4.07. The van der Waals surface area contributed by atoms with Gasteiger partial charge in [0.1, 0.15) is 17.3 Å². The molecule has 1 atom stereocenters. The molecule has 1 aliphatic heterocycles. The maximum atomic E-state index is 13.1. The highest BCUT2D eigenvalue weighted by molar-refractivity contribution is 8.81. The molecule has 31 heavy (non-hydrogen) atoms. The Morgan fingerprint density at radius 1 is 1.26 bits per heavy atom. The zero-order valence-electron chi connectivity index (χ0n) is 16.4. The van der Waals surface area contributed by atoms with Crippen molar-refractivity contribution in [2.45, 2.75) is 20.0 Å². The zero-order chi connectivity index (χ0) is 22.8. The van der Waals surface area contributed by atoms with E-state index in [1.807, 2.05) is 0 Å². The van der Waals surface area contributed by atoms with E-state index in [1.54, 1.807) is 13.8 Å². The number of ether oxygens (including phenoxy) is 1. The molecule has 164 valence electrons. The van der Waals surface area contributed by atoms with Crippen LogP contribution in [0.1, 0.15) is 29.9 Å². The van der Waals surface area contributed by atoms with Crippen LogP contribution in [0.4, 0.5) is 11.5 Å². The van der Waals surface area contributed by atoms with Crippen LogP contribution < -0.4 is 10.5 Å². The van der Waals surface area contributed by atoms with Crippen molar-refractivity contribution in [3.8, 4) is 0 Å². The number of hydrogen-bond acceptors (Lipinski definition) is 7. The lowest BCUT2D eigenvalue weighted by Gasteiger charge is -2.18. The third kappa shape index (κ3) is 5.65. The van der Waals surface area contributed by atoms with E-state index in [0.29, 0.717) is 5.03 Å². The summed E-state index contributed by atoms with van der Waals surface area (Å²) < 4.78 is 34.1. The van der Waals surface area contributed by atoms with Crippen molar-refractivity contribution in [1.82, 2.24) is 9.97 Å². The zero-order valence-corrected chi connectivity index (χ0v) is 19.5. The van der Waals surface area contributed by atoms with Gasteiger partial charge in [0.25, 0.3) is 9.06 Å². The normalized spacial score (nSPS) is 16.2.